The Kier molecular flexibility index (Phi) is 6.18. The van der Waals surface area contributed by atoms with E-state index >= 15 is 0 Å². The van der Waals surface area contributed by atoms with E-state index in [2.05, 4.69) is 51.0 Å². The second kappa shape index (κ2) is 7.91. The molecule has 1 aliphatic rings. The van der Waals surface area contributed by atoms with Crippen LogP contribution in [0.1, 0.15) is 62.6 Å². The molecule has 1 aliphatic carbocycles. The lowest BCUT2D eigenvalue weighted by Crippen LogP contribution is -2.42. The molecule has 22 heavy (non-hydrogen) atoms. The fourth-order valence-corrected chi connectivity index (χ4v) is 3.64. The van der Waals surface area contributed by atoms with E-state index in [-0.39, 0.29) is 6.03 Å². The van der Waals surface area contributed by atoms with Gasteiger partial charge in [-0.3, -0.25) is 0 Å². The first-order valence-electron chi connectivity index (χ1n) is 8.48. The Morgan fingerprint density at radius 1 is 1.18 bits per heavy atom. The summed E-state index contributed by atoms with van der Waals surface area (Å²) in [4.78, 5) is 12.6. The van der Waals surface area contributed by atoms with Gasteiger partial charge in [0.25, 0.3) is 0 Å². The third-order valence-electron chi connectivity index (χ3n) is 4.51. The van der Waals surface area contributed by atoms with Crippen molar-refractivity contribution in [3.05, 3.63) is 28.8 Å². The number of nitrogens with one attached hydrogen (secondary N) is 1. The van der Waals surface area contributed by atoms with Crippen molar-refractivity contribution in [2.45, 2.75) is 71.8 Å². The van der Waals surface area contributed by atoms with Crippen LogP contribution in [0.5, 0.6) is 0 Å². The summed E-state index contributed by atoms with van der Waals surface area (Å²) in [5.41, 5.74) is 4.58. The minimum Gasteiger partial charge on any atom is -0.334 e. The zero-order valence-electron chi connectivity index (χ0n) is 14.0. The van der Waals surface area contributed by atoms with Crippen molar-refractivity contribution in [3.63, 3.8) is 0 Å². The molecular weight excluding hydrogens is 292 g/mol. The number of aryl methyl sites for hydroxylation is 3. The Labute approximate surface area is 140 Å². The maximum absolute atomic E-state index is 12.6. The molecule has 0 bridgehead atoms. The molecule has 0 saturated heterocycles. The van der Waals surface area contributed by atoms with Crippen molar-refractivity contribution in [3.8, 4) is 0 Å². The number of carbonyl (C=O) groups is 1. The summed E-state index contributed by atoms with van der Waals surface area (Å²) >= 11 is 4.52. The van der Waals surface area contributed by atoms with Gasteiger partial charge in [0.05, 0.1) is 5.69 Å². The predicted molar refractivity (Wildman–Crippen MR) is 96.8 cm³/mol. The summed E-state index contributed by atoms with van der Waals surface area (Å²) in [5.74, 6) is 0. The van der Waals surface area contributed by atoms with Gasteiger partial charge in [-0.15, -0.1) is 0 Å². The number of nitrogens with zero attached hydrogens (tertiary/aromatic N) is 1. The Balaban J connectivity index is 2.20. The highest BCUT2D eigenvalue weighted by molar-refractivity contribution is 7.82. The molecule has 0 spiro atoms. The maximum atomic E-state index is 12.6. The van der Waals surface area contributed by atoms with E-state index in [0.29, 0.717) is 6.04 Å². The van der Waals surface area contributed by atoms with Crippen molar-refractivity contribution in [2.24, 2.45) is 0 Å². The summed E-state index contributed by atoms with van der Waals surface area (Å²) in [6, 6.07) is 4.52. The van der Waals surface area contributed by atoms with Crippen LogP contribution in [0.2, 0.25) is 0 Å². The van der Waals surface area contributed by atoms with E-state index in [1.165, 1.54) is 40.3 Å². The first-order valence-corrected chi connectivity index (χ1v) is 8.88. The largest absolute Gasteiger partial charge is 0.334 e. The molecule has 0 aliphatic heterocycles. The average molecular weight is 321 g/mol. The number of thiol groups is 1. The lowest BCUT2D eigenvalue weighted by Gasteiger charge is -2.27. The first kappa shape index (κ1) is 17.2. The monoisotopic (exact) mass is 320 g/mol. The van der Waals surface area contributed by atoms with Crippen LogP contribution >= 0.6 is 12.8 Å². The fraction of sp³-hybridized carbons (Fsp3) is 0.611. The van der Waals surface area contributed by atoms with Crippen LogP contribution in [-0.2, 0) is 12.8 Å². The van der Waals surface area contributed by atoms with E-state index in [1.54, 1.807) is 0 Å². The Morgan fingerprint density at radius 3 is 2.23 bits per heavy atom. The number of hydrogen-bond donors (Lipinski definition) is 2. The minimum atomic E-state index is -0.0940. The molecule has 1 aromatic rings. The van der Waals surface area contributed by atoms with Gasteiger partial charge in [-0.2, -0.15) is 0 Å². The zero-order valence-corrected chi connectivity index (χ0v) is 14.9. The fourth-order valence-electron chi connectivity index (χ4n) is 3.33. The number of carbonyl (C=O) groups excluding carboxylic acids is 1. The number of urea groups is 1. The van der Waals surface area contributed by atoms with Gasteiger partial charge in [0.15, 0.2) is 0 Å². The highest BCUT2D eigenvalue weighted by atomic mass is 32.1. The molecule has 1 aromatic carbocycles. The molecule has 1 fully saturated rings. The number of rotatable bonds is 4. The second-order valence-electron chi connectivity index (χ2n) is 6.24. The van der Waals surface area contributed by atoms with Crippen molar-refractivity contribution in [1.29, 1.82) is 0 Å². The van der Waals surface area contributed by atoms with Crippen LogP contribution in [0.4, 0.5) is 10.5 Å². The van der Waals surface area contributed by atoms with E-state index in [1.807, 2.05) is 0 Å². The molecule has 0 atom stereocenters. The van der Waals surface area contributed by atoms with Crippen LogP contribution in [0.25, 0.3) is 0 Å². The predicted octanol–water partition coefficient (Wildman–Crippen LogP) is 4.81. The molecule has 4 heteroatoms. The number of benzene rings is 1. The van der Waals surface area contributed by atoms with Gasteiger partial charge >= 0.3 is 6.03 Å². The van der Waals surface area contributed by atoms with E-state index in [0.717, 1.165) is 31.4 Å². The Morgan fingerprint density at radius 2 is 1.73 bits per heavy atom. The molecule has 0 heterocycles. The third-order valence-corrected chi connectivity index (χ3v) is 4.89. The van der Waals surface area contributed by atoms with E-state index < -0.39 is 0 Å². The summed E-state index contributed by atoms with van der Waals surface area (Å²) in [6.07, 6.45) is 7.68. The molecule has 2 amide bonds. The molecule has 3 nitrogen and oxygen atoms in total. The molecule has 122 valence electrons. The van der Waals surface area contributed by atoms with Gasteiger partial charge in [0.1, 0.15) is 0 Å². The molecule has 0 aromatic heterocycles. The van der Waals surface area contributed by atoms with Crippen LogP contribution in [-0.4, -0.2) is 12.1 Å². The summed E-state index contributed by atoms with van der Waals surface area (Å²) in [5, 5.41) is 3.14. The van der Waals surface area contributed by atoms with Crippen LogP contribution in [0, 0.1) is 6.92 Å². The lowest BCUT2D eigenvalue weighted by molar-refractivity contribution is 0.242. The van der Waals surface area contributed by atoms with E-state index in [9.17, 15) is 4.79 Å². The molecule has 1 N–H and O–H groups in total. The zero-order chi connectivity index (χ0) is 16.1. The SMILES string of the molecule is CCc1cc(C)cc(CC)c1N(S)C(=O)NC1CCCCC1. The number of amides is 2. The molecular formula is C18H28N2OS. The lowest BCUT2D eigenvalue weighted by atomic mass is 9.96. The van der Waals surface area contributed by atoms with Crippen LogP contribution in [0.15, 0.2) is 12.1 Å². The van der Waals surface area contributed by atoms with E-state index in [4.69, 9.17) is 0 Å². The van der Waals surface area contributed by atoms with Gasteiger partial charge in [0, 0.05) is 6.04 Å². The van der Waals surface area contributed by atoms with Crippen molar-refractivity contribution < 1.29 is 4.79 Å². The highest BCUT2D eigenvalue weighted by Crippen LogP contribution is 2.30. The van der Waals surface area contributed by atoms with Crippen LogP contribution < -0.4 is 9.62 Å². The van der Waals surface area contributed by atoms with Gasteiger partial charge in [0.2, 0.25) is 0 Å². The van der Waals surface area contributed by atoms with Gasteiger partial charge < -0.3 is 5.32 Å². The first-order chi connectivity index (χ1) is 10.6. The smallest absolute Gasteiger partial charge is 0.332 e. The topological polar surface area (TPSA) is 32.3 Å². The van der Waals surface area contributed by atoms with Gasteiger partial charge in [-0.25, -0.2) is 9.10 Å². The van der Waals surface area contributed by atoms with Crippen molar-refractivity contribution in [1.82, 2.24) is 5.32 Å². The Bertz CT molecular complexity index is 499. The minimum absolute atomic E-state index is 0.0940. The van der Waals surface area contributed by atoms with Gasteiger partial charge in [-0.1, -0.05) is 63.6 Å². The molecule has 1 saturated carbocycles. The Hall–Kier alpha value is -1.16. The molecule has 0 unspecified atom stereocenters. The normalized spacial score (nSPS) is 15.6. The summed E-state index contributed by atoms with van der Waals surface area (Å²) in [6.45, 7) is 6.35. The highest BCUT2D eigenvalue weighted by Gasteiger charge is 2.22. The van der Waals surface area contributed by atoms with Gasteiger partial charge in [-0.05, 0) is 43.7 Å². The third kappa shape index (κ3) is 3.97. The van der Waals surface area contributed by atoms with Crippen molar-refractivity contribution in [2.75, 3.05) is 4.31 Å². The van der Waals surface area contributed by atoms with Crippen LogP contribution in [0.3, 0.4) is 0 Å². The maximum Gasteiger partial charge on any atom is 0.332 e. The molecule has 0 radical (unpaired) electrons. The standard InChI is InChI=1S/C18H28N2OS/c1-4-14-11-13(3)12-15(5-2)17(14)20(22)18(21)19-16-9-7-6-8-10-16/h11-12,16,22H,4-10H2,1-3H3,(H,19,21). The summed E-state index contributed by atoms with van der Waals surface area (Å²) in [7, 11) is 0. The van der Waals surface area contributed by atoms with Crippen molar-refractivity contribution >= 4 is 24.5 Å². The second-order valence-corrected chi connectivity index (χ2v) is 6.64. The average Bonchev–Trinajstić information content (AvgIpc) is 2.54. The molecule has 2 rings (SSSR count). The number of anilines is 1. The summed E-state index contributed by atoms with van der Waals surface area (Å²) < 4.78 is 1.52. The number of hydrogen-bond acceptors (Lipinski definition) is 2. The quantitative estimate of drug-likeness (QED) is 0.766.